The fourth-order valence-corrected chi connectivity index (χ4v) is 4.07. The van der Waals surface area contributed by atoms with Crippen molar-refractivity contribution in [3.8, 4) is 5.75 Å². The molecule has 0 N–H and O–H groups in total. The van der Waals surface area contributed by atoms with Gasteiger partial charge in [0.2, 0.25) is 0 Å². The van der Waals surface area contributed by atoms with Crippen LogP contribution in [0.25, 0.3) is 10.1 Å². The number of halogens is 3. The molecule has 126 valence electrons. The van der Waals surface area contributed by atoms with Crippen LogP contribution in [0.3, 0.4) is 0 Å². The molecule has 0 saturated heterocycles. The van der Waals surface area contributed by atoms with Crippen LogP contribution in [0.2, 0.25) is 5.02 Å². The molecule has 0 aliphatic heterocycles. The number of hydrogen-bond acceptors (Lipinski definition) is 2. The molecule has 1 nitrogen and oxygen atoms in total. The first-order chi connectivity index (χ1) is 11.5. The van der Waals surface area contributed by atoms with E-state index in [2.05, 4.69) is 0 Å². The van der Waals surface area contributed by atoms with Crippen molar-refractivity contribution >= 4 is 33.0 Å². The number of benzene rings is 2. The van der Waals surface area contributed by atoms with Crippen LogP contribution in [0.1, 0.15) is 29.3 Å². The molecule has 0 aliphatic rings. The molecule has 0 atom stereocenters. The third-order valence-electron chi connectivity index (χ3n) is 3.78. The Labute approximate surface area is 148 Å². The largest absolute Gasteiger partial charge is 0.483 e. The van der Waals surface area contributed by atoms with Crippen LogP contribution >= 0.6 is 22.9 Å². The average Bonchev–Trinajstić information content (AvgIpc) is 2.86. The van der Waals surface area contributed by atoms with Crippen molar-refractivity contribution in [1.82, 2.24) is 0 Å². The summed E-state index contributed by atoms with van der Waals surface area (Å²) < 4.78 is 34.8. The smallest absolute Gasteiger partial charge is 0.191 e. The van der Waals surface area contributed by atoms with Crippen LogP contribution in [-0.2, 0) is 13.0 Å². The molecule has 3 rings (SSSR count). The third-order valence-corrected chi connectivity index (χ3v) is 5.00. The zero-order valence-corrected chi connectivity index (χ0v) is 15.0. The fourth-order valence-electron chi connectivity index (χ4n) is 2.75. The highest BCUT2D eigenvalue weighted by Crippen LogP contribution is 2.32. The van der Waals surface area contributed by atoms with Crippen LogP contribution in [0.5, 0.6) is 5.75 Å². The van der Waals surface area contributed by atoms with Gasteiger partial charge in [-0.1, -0.05) is 24.9 Å². The highest BCUT2D eigenvalue weighted by molar-refractivity contribution is 7.19. The van der Waals surface area contributed by atoms with Crippen molar-refractivity contribution in [2.75, 3.05) is 0 Å². The van der Waals surface area contributed by atoms with Crippen LogP contribution in [0.15, 0.2) is 30.3 Å². The molecule has 0 amide bonds. The number of thiophene rings is 1. The lowest BCUT2D eigenvalue weighted by Crippen LogP contribution is -2.01. The molecule has 1 aromatic heterocycles. The minimum Gasteiger partial charge on any atom is -0.483 e. The highest BCUT2D eigenvalue weighted by atomic mass is 35.5. The minimum absolute atomic E-state index is 0.0637. The number of hydrogen-bond donors (Lipinski definition) is 0. The predicted octanol–water partition coefficient (Wildman–Crippen LogP) is 6.67. The van der Waals surface area contributed by atoms with Gasteiger partial charge in [0, 0.05) is 14.6 Å². The monoisotopic (exact) mass is 366 g/mol. The number of aryl methyl sites for hydroxylation is 2. The normalized spacial score (nSPS) is 11.2. The Hall–Kier alpha value is -1.65. The van der Waals surface area contributed by atoms with Gasteiger partial charge >= 0.3 is 0 Å². The molecule has 0 saturated carbocycles. The lowest BCUT2D eigenvalue weighted by Gasteiger charge is -2.11. The molecule has 2 aromatic carbocycles. The van der Waals surface area contributed by atoms with E-state index in [1.807, 2.05) is 26.0 Å². The Bertz CT molecular complexity index is 865. The molecule has 0 bridgehead atoms. The standard InChI is InChI=1S/C19H17ClF2OS/c1-3-4-12-6-16(21)19(17(22)7-12)23-10-13-8-14(20)9-18-15(13)5-11(2)24-18/h5-9H,3-4,10H2,1-2H3. The maximum Gasteiger partial charge on any atom is 0.191 e. The summed E-state index contributed by atoms with van der Waals surface area (Å²) in [6.07, 6.45) is 1.47. The molecular weight excluding hydrogens is 350 g/mol. The van der Waals surface area contributed by atoms with Gasteiger partial charge in [0.1, 0.15) is 6.61 Å². The number of fused-ring (bicyclic) bond motifs is 1. The molecule has 3 aromatic rings. The molecule has 0 aliphatic carbocycles. The molecule has 0 fully saturated rings. The van der Waals surface area contributed by atoms with E-state index >= 15 is 0 Å². The van der Waals surface area contributed by atoms with Gasteiger partial charge in [-0.05, 0) is 60.2 Å². The van der Waals surface area contributed by atoms with Crippen molar-refractivity contribution in [3.05, 3.63) is 63.0 Å². The van der Waals surface area contributed by atoms with Gasteiger partial charge < -0.3 is 4.74 Å². The molecule has 24 heavy (non-hydrogen) atoms. The second-order valence-electron chi connectivity index (χ2n) is 5.76. The van der Waals surface area contributed by atoms with Gasteiger partial charge in [0.15, 0.2) is 17.4 Å². The first-order valence-electron chi connectivity index (χ1n) is 7.77. The molecule has 0 radical (unpaired) electrons. The van der Waals surface area contributed by atoms with Crippen LogP contribution in [0, 0.1) is 18.6 Å². The quantitative estimate of drug-likeness (QED) is 0.489. The van der Waals surface area contributed by atoms with Gasteiger partial charge in [-0.25, -0.2) is 8.78 Å². The minimum atomic E-state index is -0.668. The summed E-state index contributed by atoms with van der Waals surface area (Å²) in [5.74, 6) is -1.67. The van der Waals surface area contributed by atoms with Gasteiger partial charge in [-0.15, -0.1) is 11.3 Å². The lowest BCUT2D eigenvalue weighted by molar-refractivity contribution is 0.275. The topological polar surface area (TPSA) is 9.23 Å². The Kier molecular flexibility index (Phi) is 5.07. The fraction of sp³-hybridized carbons (Fsp3) is 0.263. The van der Waals surface area contributed by atoms with Crippen molar-refractivity contribution < 1.29 is 13.5 Å². The van der Waals surface area contributed by atoms with E-state index in [1.54, 1.807) is 17.4 Å². The second kappa shape index (κ2) is 7.08. The van der Waals surface area contributed by atoms with E-state index in [-0.39, 0.29) is 12.4 Å². The Morgan fingerprint density at radius 1 is 1.08 bits per heavy atom. The maximum absolute atomic E-state index is 14.1. The average molecular weight is 367 g/mol. The van der Waals surface area contributed by atoms with Crippen LogP contribution < -0.4 is 4.74 Å². The molecule has 0 unspecified atom stereocenters. The number of ether oxygens (including phenoxy) is 1. The van der Waals surface area contributed by atoms with Crippen molar-refractivity contribution in [2.45, 2.75) is 33.3 Å². The van der Waals surface area contributed by atoms with E-state index in [4.69, 9.17) is 16.3 Å². The number of rotatable bonds is 5. The summed E-state index contributed by atoms with van der Waals surface area (Å²) >= 11 is 7.76. The lowest BCUT2D eigenvalue weighted by atomic mass is 10.1. The zero-order chi connectivity index (χ0) is 17.3. The summed E-state index contributed by atoms with van der Waals surface area (Å²) in [5.41, 5.74) is 1.46. The van der Waals surface area contributed by atoms with Gasteiger partial charge in [0.05, 0.1) is 0 Å². The van der Waals surface area contributed by atoms with Gasteiger partial charge in [-0.2, -0.15) is 0 Å². The van der Waals surface area contributed by atoms with Crippen LogP contribution in [-0.4, -0.2) is 0 Å². The van der Waals surface area contributed by atoms with Gasteiger partial charge in [0.25, 0.3) is 0 Å². The van der Waals surface area contributed by atoms with Crippen molar-refractivity contribution in [3.63, 3.8) is 0 Å². The van der Waals surface area contributed by atoms with E-state index in [1.165, 1.54) is 12.1 Å². The summed E-state index contributed by atoms with van der Waals surface area (Å²) in [6.45, 7) is 4.04. The molecule has 1 heterocycles. The van der Waals surface area contributed by atoms with Crippen molar-refractivity contribution in [2.24, 2.45) is 0 Å². The Morgan fingerprint density at radius 3 is 2.46 bits per heavy atom. The van der Waals surface area contributed by atoms with Crippen molar-refractivity contribution in [1.29, 1.82) is 0 Å². The van der Waals surface area contributed by atoms with E-state index in [9.17, 15) is 8.78 Å². The SMILES string of the molecule is CCCc1cc(F)c(OCc2cc(Cl)cc3sc(C)cc23)c(F)c1. The molecular formula is C19H17ClF2OS. The van der Waals surface area contributed by atoms with Crippen LogP contribution in [0.4, 0.5) is 8.78 Å². The first kappa shape index (κ1) is 17.2. The zero-order valence-electron chi connectivity index (χ0n) is 13.5. The highest BCUT2D eigenvalue weighted by Gasteiger charge is 2.14. The molecule has 0 spiro atoms. The Morgan fingerprint density at radius 2 is 1.79 bits per heavy atom. The maximum atomic E-state index is 14.1. The first-order valence-corrected chi connectivity index (χ1v) is 8.96. The van der Waals surface area contributed by atoms with E-state index in [0.717, 1.165) is 26.9 Å². The van der Waals surface area contributed by atoms with E-state index < -0.39 is 11.6 Å². The summed E-state index contributed by atoms with van der Waals surface area (Å²) in [4.78, 5) is 1.15. The predicted molar refractivity (Wildman–Crippen MR) is 96.3 cm³/mol. The summed E-state index contributed by atoms with van der Waals surface area (Å²) in [6, 6.07) is 8.37. The van der Waals surface area contributed by atoms with Gasteiger partial charge in [-0.3, -0.25) is 0 Å². The second-order valence-corrected chi connectivity index (χ2v) is 7.49. The van der Waals surface area contributed by atoms with E-state index in [0.29, 0.717) is 17.0 Å². The third kappa shape index (κ3) is 3.55. The Balaban J connectivity index is 1.89. The summed E-state index contributed by atoms with van der Waals surface area (Å²) in [7, 11) is 0. The molecule has 5 heteroatoms. The summed E-state index contributed by atoms with van der Waals surface area (Å²) in [5, 5.41) is 1.59.